The van der Waals surface area contributed by atoms with Gasteiger partial charge in [-0.2, -0.15) is 0 Å². The molecule has 0 saturated carbocycles. The molecule has 0 aromatic heterocycles. The normalized spacial score (nSPS) is 11.7. The molecule has 4 aromatic rings. The quantitative estimate of drug-likeness (QED) is 0.138. The van der Waals surface area contributed by atoms with Gasteiger partial charge in [-0.3, -0.25) is 13.9 Å². The third-order valence-electron chi connectivity index (χ3n) is 7.61. The number of benzene rings is 4. The van der Waals surface area contributed by atoms with E-state index in [2.05, 4.69) is 21.2 Å². The number of rotatable bonds is 16. The van der Waals surface area contributed by atoms with Gasteiger partial charge in [0.25, 0.3) is 10.0 Å². The number of anilines is 1. The Morgan fingerprint density at radius 1 is 0.830 bits per heavy atom. The lowest BCUT2D eigenvalue weighted by Crippen LogP contribution is -2.53. The Labute approximate surface area is 285 Å². The fourth-order valence-corrected chi connectivity index (χ4v) is 6.99. The van der Waals surface area contributed by atoms with Gasteiger partial charge in [0.15, 0.2) is 11.5 Å². The molecule has 47 heavy (non-hydrogen) atoms. The molecule has 0 aliphatic carbocycles. The molecule has 1 atom stereocenters. The second-order valence-electron chi connectivity index (χ2n) is 10.9. The van der Waals surface area contributed by atoms with Crippen molar-refractivity contribution in [2.24, 2.45) is 0 Å². The lowest BCUT2D eigenvalue weighted by molar-refractivity contribution is -0.140. The first-order valence-corrected chi connectivity index (χ1v) is 17.6. The molecule has 11 heteroatoms. The Morgan fingerprint density at radius 3 is 2.13 bits per heavy atom. The van der Waals surface area contributed by atoms with Crippen molar-refractivity contribution >= 4 is 43.5 Å². The van der Waals surface area contributed by atoms with Crippen molar-refractivity contribution in [1.82, 2.24) is 10.2 Å². The maximum Gasteiger partial charge on any atom is 0.264 e. The van der Waals surface area contributed by atoms with Gasteiger partial charge in [-0.05, 0) is 53.9 Å². The number of carbonyl (C=O) groups excluding carboxylic acids is 2. The summed E-state index contributed by atoms with van der Waals surface area (Å²) in [7, 11) is -1.31. The highest BCUT2D eigenvalue weighted by Crippen LogP contribution is 2.34. The van der Waals surface area contributed by atoms with E-state index in [0.29, 0.717) is 18.0 Å². The zero-order valence-electron chi connectivity index (χ0n) is 26.8. The first kappa shape index (κ1) is 35.5. The molecular formula is C36H40BrN3O6S. The van der Waals surface area contributed by atoms with E-state index < -0.39 is 28.5 Å². The van der Waals surface area contributed by atoms with Crippen LogP contribution < -0.4 is 19.1 Å². The fourth-order valence-electron chi connectivity index (χ4n) is 5.12. The van der Waals surface area contributed by atoms with Crippen molar-refractivity contribution in [2.45, 2.75) is 43.7 Å². The largest absolute Gasteiger partial charge is 0.493 e. The molecule has 4 rings (SSSR count). The van der Waals surface area contributed by atoms with Crippen LogP contribution in [0, 0.1) is 0 Å². The molecule has 0 radical (unpaired) electrons. The van der Waals surface area contributed by atoms with E-state index in [1.165, 1.54) is 37.3 Å². The molecule has 0 aliphatic heterocycles. The summed E-state index contributed by atoms with van der Waals surface area (Å²) < 4.78 is 41.1. The van der Waals surface area contributed by atoms with Gasteiger partial charge in [0.05, 0.1) is 24.8 Å². The van der Waals surface area contributed by atoms with Crippen LogP contribution in [0.2, 0.25) is 0 Å². The number of sulfonamides is 1. The number of carbonyl (C=O) groups is 2. The van der Waals surface area contributed by atoms with Crippen LogP contribution in [0.3, 0.4) is 0 Å². The number of amides is 2. The predicted octanol–water partition coefficient (Wildman–Crippen LogP) is 6.22. The molecule has 0 saturated heterocycles. The highest BCUT2D eigenvalue weighted by molar-refractivity contribution is 9.10. The minimum absolute atomic E-state index is 0.0132. The Balaban J connectivity index is 1.82. The van der Waals surface area contributed by atoms with Gasteiger partial charge in [-0.15, -0.1) is 0 Å². The smallest absolute Gasteiger partial charge is 0.264 e. The molecular weight excluding hydrogens is 682 g/mol. The van der Waals surface area contributed by atoms with E-state index in [-0.39, 0.29) is 29.5 Å². The summed E-state index contributed by atoms with van der Waals surface area (Å²) in [6.45, 7) is 1.99. The maximum atomic E-state index is 14.6. The van der Waals surface area contributed by atoms with Crippen LogP contribution in [0.15, 0.2) is 112 Å². The maximum absolute atomic E-state index is 14.6. The van der Waals surface area contributed by atoms with E-state index in [4.69, 9.17) is 9.47 Å². The lowest BCUT2D eigenvalue weighted by Gasteiger charge is -2.34. The minimum Gasteiger partial charge on any atom is -0.493 e. The average molecular weight is 723 g/mol. The molecule has 2 amide bonds. The van der Waals surface area contributed by atoms with Gasteiger partial charge in [-0.25, -0.2) is 8.42 Å². The highest BCUT2D eigenvalue weighted by Gasteiger charge is 2.35. The molecule has 1 N–H and O–H groups in total. The van der Waals surface area contributed by atoms with Gasteiger partial charge in [0, 0.05) is 30.0 Å². The Kier molecular flexibility index (Phi) is 12.8. The van der Waals surface area contributed by atoms with E-state index >= 15 is 0 Å². The number of nitrogens with zero attached hydrogens (tertiary/aromatic N) is 2. The van der Waals surface area contributed by atoms with E-state index in [0.717, 1.165) is 32.7 Å². The minimum atomic E-state index is -4.25. The van der Waals surface area contributed by atoms with Crippen molar-refractivity contribution in [3.8, 4) is 11.5 Å². The van der Waals surface area contributed by atoms with Crippen LogP contribution >= 0.6 is 15.9 Å². The fraction of sp³-hybridized carbons (Fsp3) is 0.278. The zero-order chi connectivity index (χ0) is 33.8. The molecule has 1 unspecified atom stereocenters. The third-order valence-corrected chi connectivity index (χ3v) is 9.89. The van der Waals surface area contributed by atoms with Crippen LogP contribution in [-0.2, 0) is 32.6 Å². The molecule has 0 spiro atoms. The summed E-state index contributed by atoms with van der Waals surface area (Å²) >= 11 is 3.51. The van der Waals surface area contributed by atoms with Gasteiger partial charge in [-0.1, -0.05) is 89.9 Å². The summed E-state index contributed by atoms with van der Waals surface area (Å²) in [5.74, 6) is -0.156. The van der Waals surface area contributed by atoms with E-state index in [1.807, 2.05) is 61.5 Å². The SMILES string of the molecule is CCCCNC(=O)C(Cc1ccccc1)N(Cc1cccc(Br)c1)C(=O)CN(c1ccc(OC)c(OC)c1)S(=O)(=O)c1ccccc1. The summed E-state index contributed by atoms with van der Waals surface area (Å²) in [5.41, 5.74) is 1.84. The van der Waals surface area contributed by atoms with Crippen LogP contribution in [0.1, 0.15) is 30.9 Å². The number of unbranched alkanes of at least 4 members (excludes halogenated alkanes) is 1. The summed E-state index contributed by atoms with van der Waals surface area (Å²) in [5, 5.41) is 3.00. The first-order chi connectivity index (χ1) is 22.7. The van der Waals surface area contributed by atoms with Crippen molar-refractivity contribution in [2.75, 3.05) is 31.6 Å². The Bertz CT molecular complexity index is 1740. The average Bonchev–Trinajstić information content (AvgIpc) is 3.09. The lowest BCUT2D eigenvalue weighted by atomic mass is 10.0. The van der Waals surface area contributed by atoms with Crippen molar-refractivity contribution in [1.29, 1.82) is 0 Å². The topological polar surface area (TPSA) is 105 Å². The monoisotopic (exact) mass is 721 g/mol. The molecule has 9 nitrogen and oxygen atoms in total. The molecule has 0 aliphatic rings. The molecule has 4 aromatic carbocycles. The number of methoxy groups -OCH3 is 2. The van der Waals surface area contributed by atoms with Gasteiger partial charge >= 0.3 is 0 Å². The molecule has 0 fully saturated rings. The van der Waals surface area contributed by atoms with Crippen LogP contribution in [0.5, 0.6) is 11.5 Å². The second-order valence-corrected chi connectivity index (χ2v) is 13.6. The summed E-state index contributed by atoms with van der Waals surface area (Å²) in [4.78, 5) is 30.0. The number of nitrogens with one attached hydrogen (secondary N) is 1. The zero-order valence-corrected chi connectivity index (χ0v) is 29.2. The van der Waals surface area contributed by atoms with E-state index in [1.54, 1.807) is 30.3 Å². The molecule has 0 heterocycles. The van der Waals surface area contributed by atoms with Crippen LogP contribution in [0.4, 0.5) is 5.69 Å². The summed E-state index contributed by atoms with van der Waals surface area (Å²) in [6.07, 6.45) is 1.91. The van der Waals surface area contributed by atoms with Crippen LogP contribution in [-0.4, -0.2) is 58.5 Å². The van der Waals surface area contributed by atoms with Crippen molar-refractivity contribution < 1.29 is 27.5 Å². The van der Waals surface area contributed by atoms with Gasteiger partial charge < -0.3 is 19.7 Å². The van der Waals surface area contributed by atoms with Crippen molar-refractivity contribution in [3.05, 3.63) is 119 Å². The first-order valence-electron chi connectivity index (χ1n) is 15.3. The third kappa shape index (κ3) is 9.36. The summed E-state index contributed by atoms with van der Waals surface area (Å²) in [6, 6.07) is 28.6. The Morgan fingerprint density at radius 2 is 1.49 bits per heavy atom. The van der Waals surface area contributed by atoms with E-state index in [9.17, 15) is 18.0 Å². The van der Waals surface area contributed by atoms with Crippen LogP contribution in [0.25, 0.3) is 0 Å². The van der Waals surface area contributed by atoms with Gasteiger partial charge in [0.2, 0.25) is 11.8 Å². The van der Waals surface area contributed by atoms with Gasteiger partial charge in [0.1, 0.15) is 12.6 Å². The second kappa shape index (κ2) is 17.0. The number of ether oxygens (including phenoxy) is 2. The predicted molar refractivity (Wildman–Crippen MR) is 187 cm³/mol. The number of hydrogen-bond acceptors (Lipinski definition) is 6. The number of hydrogen-bond donors (Lipinski definition) is 1. The standard InChI is InChI=1S/C36H40BrN3O6S/c1-4-5-21-38-36(42)32(23-27-13-8-6-9-14-27)39(25-28-15-12-16-29(37)22-28)35(41)26-40(47(43,44)31-17-10-7-11-18-31)30-19-20-33(45-2)34(24-30)46-3/h6-20,22,24,32H,4-5,21,23,25-26H2,1-3H3,(H,38,42). The Hall–Kier alpha value is -4.35. The number of halogens is 1. The highest BCUT2D eigenvalue weighted by atomic mass is 79.9. The van der Waals surface area contributed by atoms with Crippen molar-refractivity contribution in [3.63, 3.8) is 0 Å². The molecule has 248 valence electrons. The molecule has 0 bridgehead atoms.